The summed E-state index contributed by atoms with van der Waals surface area (Å²) in [5, 5.41) is 2.90. The molecule has 0 aliphatic heterocycles. The summed E-state index contributed by atoms with van der Waals surface area (Å²) in [5.41, 5.74) is 0.719. The van der Waals surface area contributed by atoms with Crippen molar-refractivity contribution in [3.63, 3.8) is 0 Å². The second-order valence-corrected chi connectivity index (χ2v) is 2.85. The van der Waals surface area contributed by atoms with Gasteiger partial charge in [-0.05, 0) is 18.9 Å². The minimum atomic E-state index is 0.0359. The molecule has 1 aromatic heterocycles. The minimum Gasteiger partial charge on any atom is -0.367 e. The van der Waals surface area contributed by atoms with Crippen LogP contribution >= 0.6 is 0 Å². The van der Waals surface area contributed by atoms with Crippen LogP contribution < -0.4 is 5.32 Å². The zero-order valence-corrected chi connectivity index (χ0v) is 6.13. The standard InChI is InChI=1S/C8H10N2O/c11-8(10-7-1-2-7)6-3-4-9-5-6/h3-5,7,9H,1-2H2,(H,10,11). The maximum atomic E-state index is 11.2. The number of amides is 1. The smallest absolute Gasteiger partial charge is 0.253 e. The second kappa shape index (κ2) is 2.42. The van der Waals surface area contributed by atoms with Crippen LogP contribution in [0, 0.1) is 0 Å². The first-order valence-corrected chi connectivity index (χ1v) is 3.80. The van der Waals surface area contributed by atoms with E-state index < -0.39 is 0 Å². The highest BCUT2D eigenvalue weighted by Gasteiger charge is 2.23. The van der Waals surface area contributed by atoms with Gasteiger partial charge in [-0.3, -0.25) is 4.79 Å². The van der Waals surface area contributed by atoms with E-state index in [2.05, 4.69) is 10.3 Å². The van der Waals surface area contributed by atoms with Gasteiger partial charge in [0, 0.05) is 18.4 Å². The fraction of sp³-hybridized carbons (Fsp3) is 0.375. The maximum Gasteiger partial charge on any atom is 0.253 e. The highest BCUT2D eigenvalue weighted by atomic mass is 16.1. The summed E-state index contributed by atoms with van der Waals surface area (Å²) in [6.45, 7) is 0. The van der Waals surface area contributed by atoms with Gasteiger partial charge in [-0.25, -0.2) is 0 Å². The van der Waals surface area contributed by atoms with Crippen LogP contribution in [0.3, 0.4) is 0 Å². The first-order chi connectivity index (χ1) is 5.36. The zero-order valence-electron chi connectivity index (χ0n) is 6.13. The van der Waals surface area contributed by atoms with Crippen LogP contribution in [0.25, 0.3) is 0 Å². The Morgan fingerprint density at radius 1 is 1.64 bits per heavy atom. The average Bonchev–Trinajstić information content (AvgIpc) is 2.67. The largest absolute Gasteiger partial charge is 0.367 e. The quantitative estimate of drug-likeness (QED) is 0.646. The van der Waals surface area contributed by atoms with Gasteiger partial charge in [-0.15, -0.1) is 0 Å². The Morgan fingerprint density at radius 3 is 3.00 bits per heavy atom. The Hall–Kier alpha value is -1.25. The SMILES string of the molecule is O=C(NC1CC1)c1cc[nH]c1. The molecule has 1 fully saturated rings. The predicted octanol–water partition coefficient (Wildman–Crippen LogP) is 0.907. The van der Waals surface area contributed by atoms with E-state index in [0.717, 1.165) is 18.4 Å². The molecule has 3 nitrogen and oxygen atoms in total. The molecule has 1 aliphatic rings. The van der Waals surface area contributed by atoms with E-state index in [-0.39, 0.29) is 5.91 Å². The van der Waals surface area contributed by atoms with Gasteiger partial charge < -0.3 is 10.3 Å². The molecule has 1 heterocycles. The van der Waals surface area contributed by atoms with Crippen molar-refractivity contribution in [2.24, 2.45) is 0 Å². The topological polar surface area (TPSA) is 44.9 Å². The Bertz CT molecular complexity index is 249. The number of carbonyl (C=O) groups excluding carboxylic acids is 1. The van der Waals surface area contributed by atoms with Crippen molar-refractivity contribution in [1.29, 1.82) is 0 Å². The molecule has 0 bridgehead atoms. The number of carbonyl (C=O) groups is 1. The highest BCUT2D eigenvalue weighted by Crippen LogP contribution is 2.19. The van der Waals surface area contributed by atoms with Gasteiger partial charge in [-0.2, -0.15) is 0 Å². The average molecular weight is 150 g/mol. The monoisotopic (exact) mass is 150 g/mol. The molecule has 0 spiro atoms. The Labute approximate surface area is 64.8 Å². The third kappa shape index (κ3) is 1.42. The van der Waals surface area contributed by atoms with Gasteiger partial charge in [-0.1, -0.05) is 0 Å². The number of rotatable bonds is 2. The van der Waals surface area contributed by atoms with Crippen LogP contribution in [-0.2, 0) is 0 Å². The lowest BCUT2D eigenvalue weighted by molar-refractivity contribution is 0.0951. The molecule has 0 saturated heterocycles. The Kier molecular flexibility index (Phi) is 1.42. The highest BCUT2D eigenvalue weighted by molar-refractivity contribution is 5.94. The molecule has 1 aromatic rings. The number of aromatic nitrogens is 1. The molecule has 3 heteroatoms. The number of hydrogen-bond donors (Lipinski definition) is 2. The van der Waals surface area contributed by atoms with E-state index in [1.165, 1.54) is 0 Å². The fourth-order valence-corrected chi connectivity index (χ4v) is 0.962. The van der Waals surface area contributed by atoms with E-state index in [9.17, 15) is 4.79 Å². The van der Waals surface area contributed by atoms with E-state index in [1.54, 1.807) is 18.5 Å². The van der Waals surface area contributed by atoms with Gasteiger partial charge in [0.15, 0.2) is 0 Å². The molecule has 1 amide bonds. The summed E-state index contributed by atoms with van der Waals surface area (Å²) in [7, 11) is 0. The van der Waals surface area contributed by atoms with Crippen molar-refractivity contribution in [3.05, 3.63) is 24.0 Å². The summed E-state index contributed by atoms with van der Waals surface area (Å²) >= 11 is 0. The van der Waals surface area contributed by atoms with Gasteiger partial charge in [0.2, 0.25) is 0 Å². The lowest BCUT2D eigenvalue weighted by Crippen LogP contribution is -2.24. The molecule has 2 N–H and O–H groups in total. The van der Waals surface area contributed by atoms with Crippen LogP contribution in [0.15, 0.2) is 18.5 Å². The van der Waals surface area contributed by atoms with Crippen molar-refractivity contribution in [1.82, 2.24) is 10.3 Å². The van der Waals surface area contributed by atoms with Crippen LogP contribution in [0.1, 0.15) is 23.2 Å². The first-order valence-electron chi connectivity index (χ1n) is 3.80. The van der Waals surface area contributed by atoms with Crippen LogP contribution in [0.4, 0.5) is 0 Å². The van der Waals surface area contributed by atoms with Crippen molar-refractivity contribution in [2.45, 2.75) is 18.9 Å². The summed E-state index contributed by atoms with van der Waals surface area (Å²) in [6.07, 6.45) is 5.73. The first kappa shape index (κ1) is 6.46. The Balaban J connectivity index is 1.99. The zero-order chi connectivity index (χ0) is 7.68. The molecule has 0 unspecified atom stereocenters. The van der Waals surface area contributed by atoms with Crippen molar-refractivity contribution in [3.8, 4) is 0 Å². The van der Waals surface area contributed by atoms with E-state index >= 15 is 0 Å². The molecule has 0 atom stereocenters. The molecule has 2 rings (SSSR count). The normalized spacial score (nSPS) is 16.4. The van der Waals surface area contributed by atoms with Crippen LogP contribution in [0.2, 0.25) is 0 Å². The predicted molar refractivity (Wildman–Crippen MR) is 41.3 cm³/mol. The van der Waals surface area contributed by atoms with E-state index in [0.29, 0.717) is 6.04 Å². The summed E-state index contributed by atoms with van der Waals surface area (Å²) < 4.78 is 0. The summed E-state index contributed by atoms with van der Waals surface area (Å²) in [6, 6.07) is 2.22. The molecule has 58 valence electrons. The summed E-state index contributed by atoms with van der Waals surface area (Å²) in [5.74, 6) is 0.0359. The van der Waals surface area contributed by atoms with Crippen molar-refractivity contribution >= 4 is 5.91 Å². The summed E-state index contributed by atoms with van der Waals surface area (Å²) in [4.78, 5) is 14.1. The van der Waals surface area contributed by atoms with Crippen molar-refractivity contribution < 1.29 is 4.79 Å². The maximum absolute atomic E-state index is 11.2. The number of H-pyrrole nitrogens is 1. The van der Waals surface area contributed by atoms with E-state index in [4.69, 9.17) is 0 Å². The van der Waals surface area contributed by atoms with Crippen molar-refractivity contribution in [2.75, 3.05) is 0 Å². The molecular formula is C8H10N2O. The molecule has 0 aromatic carbocycles. The third-order valence-corrected chi connectivity index (χ3v) is 1.77. The van der Waals surface area contributed by atoms with Crippen LogP contribution in [0.5, 0.6) is 0 Å². The second-order valence-electron chi connectivity index (χ2n) is 2.85. The number of hydrogen-bond acceptors (Lipinski definition) is 1. The number of nitrogens with one attached hydrogen (secondary N) is 2. The minimum absolute atomic E-state index is 0.0359. The van der Waals surface area contributed by atoms with Gasteiger partial charge in [0.1, 0.15) is 0 Å². The fourth-order valence-electron chi connectivity index (χ4n) is 0.962. The molecule has 1 aliphatic carbocycles. The van der Waals surface area contributed by atoms with E-state index in [1.807, 2.05) is 0 Å². The van der Waals surface area contributed by atoms with Crippen LogP contribution in [-0.4, -0.2) is 16.9 Å². The molecule has 1 saturated carbocycles. The lowest BCUT2D eigenvalue weighted by atomic mass is 10.3. The van der Waals surface area contributed by atoms with Gasteiger partial charge >= 0.3 is 0 Å². The third-order valence-electron chi connectivity index (χ3n) is 1.77. The van der Waals surface area contributed by atoms with Gasteiger partial charge in [0.25, 0.3) is 5.91 Å². The molecule has 0 radical (unpaired) electrons. The number of aromatic amines is 1. The molecule has 11 heavy (non-hydrogen) atoms. The van der Waals surface area contributed by atoms with Gasteiger partial charge in [0.05, 0.1) is 5.56 Å². The lowest BCUT2D eigenvalue weighted by Gasteiger charge is -1.98. The Morgan fingerprint density at radius 2 is 2.45 bits per heavy atom. The molecular weight excluding hydrogens is 140 g/mol.